The van der Waals surface area contributed by atoms with Crippen molar-refractivity contribution >= 4 is 23.6 Å². The third-order valence-electron chi connectivity index (χ3n) is 2.92. The first-order chi connectivity index (χ1) is 9.97. The number of carbonyl (C=O) groups is 4. The van der Waals surface area contributed by atoms with Gasteiger partial charge >= 0.3 is 5.97 Å². The monoisotopic (exact) mass is 293 g/mol. The van der Waals surface area contributed by atoms with Crippen LogP contribution in [0.3, 0.4) is 0 Å². The van der Waals surface area contributed by atoms with E-state index in [1.54, 1.807) is 0 Å². The third-order valence-corrected chi connectivity index (χ3v) is 2.92. The molecule has 2 amide bonds. The van der Waals surface area contributed by atoms with Gasteiger partial charge in [0.1, 0.15) is 5.82 Å². The van der Waals surface area contributed by atoms with E-state index in [9.17, 15) is 23.6 Å². The van der Waals surface area contributed by atoms with Crippen molar-refractivity contribution in [3.63, 3.8) is 0 Å². The van der Waals surface area contributed by atoms with E-state index < -0.39 is 23.6 Å². The maximum absolute atomic E-state index is 12.7. The van der Waals surface area contributed by atoms with Gasteiger partial charge in [-0.2, -0.15) is 0 Å². The normalized spacial score (nSPS) is 14.4. The van der Waals surface area contributed by atoms with Crippen LogP contribution in [0.25, 0.3) is 0 Å². The second-order valence-corrected chi connectivity index (χ2v) is 4.48. The number of amides is 2. The molecule has 1 fully saturated rings. The number of hydrogen-bond acceptors (Lipinski definition) is 5. The van der Waals surface area contributed by atoms with Crippen LogP contribution >= 0.6 is 0 Å². The maximum Gasteiger partial charge on any atom is 0.333 e. The molecule has 1 aromatic rings. The molecule has 7 heteroatoms. The van der Waals surface area contributed by atoms with Crippen LogP contribution < -0.4 is 0 Å². The molecule has 0 N–H and O–H groups in total. The number of carbonyl (C=O) groups excluding carboxylic acids is 4. The van der Waals surface area contributed by atoms with Gasteiger partial charge in [-0.25, -0.2) is 9.18 Å². The van der Waals surface area contributed by atoms with E-state index in [4.69, 9.17) is 0 Å². The molecule has 1 aromatic carbocycles. The summed E-state index contributed by atoms with van der Waals surface area (Å²) in [5.41, 5.74) is 0.275. The second kappa shape index (κ2) is 6.25. The van der Waals surface area contributed by atoms with Crippen molar-refractivity contribution in [1.82, 2.24) is 5.06 Å². The average molecular weight is 293 g/mol. The van der Waals surface area contributed by atoms with Crippen LogP contribution in [0, 0.1) is 5.82 Å². The van der Waals surface area contributed by atoms with Crippen molar-refractivity contribution in [3.05, 3.63) is 35.6 Å². The first-order valence-corrected chi connectivity index (χ1v) is 6.32. The molecule has 0 atom stereocenters. The molecule has 0 aromatic heterocycles. The number of ketones is 1. The standard InChI is InChI=1S/C14H12FNO5/c15-10-3-1-9(2-4-10)11(17)5-8-14(20)21-16-12(18)6-7-13(16)19/h1-4H,5-8H2. The van der Waals surface area contributed by atoms with Gasteiger partial charge in [0.05, 0.1) is 6.42 Å². The molecule has 0 radical (unpaired) electrons. The fourth-order valence-electron chi connectivity index (χ4n) is 1.80. The Balaban J connectivity index is 1.83. The summed E-state index contributed by atoms with van der Waals surface area (Å²) < 4.78 is 12.7. The highest BCUT2D eigenvalue weighted by atomic mass is 19.1. The fraction of sp³-hybridized carbons (Fsp3) is 0.286. The van der Waals surface area contributed by atoms with E-state index in [1.807, 2.05) is 0 Å². The van der Waals surface area contributed by atoms with Gasteiger partial charge in [-0.1, -0.05) is 0 Å². The SMILES string of the molecule is O=C(CCC(=O)c1ccc(F)cc1)ON1C(=O)CCC1=O. The van der Waals surface area contributed by atoms with Crippen molar-refractivity contribution in [2.45, 2.75) is 25.7 Å². The van der Waals surface area contributed by atoms with Crippen LogP contribution in [-0.2, 0) is 19.2 Å². The van der Waals surface area contributed by atoms with Crippen LogP contribution in [0.2, 0.25) is 0 Å². The second-order valence-electron chi connectivity index (χ2n) is 4.48. The van der Waals surface area contributed by atoms with E-state index in [0.29, 0.717) is 5.06 Å². The van der Waals surface area contributed by atoms with Crippen molar-refractivity contribution in [2.24, 2.45) is 0 Å². The Morgan fingerprint density at radius 2 is 1.62 bits per heavy atom. The van der Waals surface area contributed by atoms with Crippen LogP contribution in [-0.4, -0.2) is 28.6 Å². The molecule has 1 aliphatic rings. The largest absolute Gasteiger partial charge is 0.333 e. The molecule has 0 bridgehead atoms. The number of nitrogens with zero attached hydrogens (tertiary/aromatic N) is 1. The van der Waals surface area contributed by atoms with E-state index >= 15 is 0 Å². The Morgan fingerprint density at radius 3 is 2.19 bits per heavy atom. The summed E-state index contributed by atoms with van der Waals surface area (Å²) in [6, 6.07) is 4.92. The van der Waals surface area contributed by atoms with Gasteiger partial charge in [-0.3, -0.25) is 14.4 Å². The highest BCUT2D eigenvalue weighted by molar-refractivity contribution is 6.02. The summed E-state index contributed by atoms with van der Waals surface area (Å²) in [6.45, 7) is 0. The predicted molar refractivity (Wildman–Crippen MR) is 67.1 cm³/mol. The molecule has 21 heavy (non-hydrogen) atoms. The van der Waals surface area contributed by atoms with Gasteiger partial charge in [-0.15, -0.1) is 5.06 Å². The summed E-state index contributed by atoms with van der Waals surface area (Å²) in [5.74, 6) is -2.80. The van der Waals surface area contributed by atoms with Crippen LogP contribution in [0.4, 0.5) is 4.39 Å². The molecule has 0 aliphatic carbocycles. The summed E-state index contributed by atoms with van der Waals surface area (Å²) in [5, 5.41) is 0.435. The Morgan fingerprint density at radius 1 is 1.05 bits per heavy atom. The molecule has 1 aliphatic heterocycles. The fourth-order valence-corrected chi connectivity index (χ4v) is 1.80. The van der Waals surface area contributed by atoms with Gasteiger partial charge in [0, 0.05) is 24.8 Å². The number of Topliss-reactive ketones (excluding diaryl/α,β-unsaturated/α-hetero) is 1. The molecule has 2 rings (SSSR count). The zero-order chi connectivity index (χ0) is 15.4. The topological polar surface area (TPSA) is 80.8 Å². The van der Waals surface area contributed by atoms with Gasteiger partial charge < -0.3 is 4.84 Å². The highest BCUT2D eigenvalue weighted by Crippen LogP contribution is 2.14. The average Bonchev–Trinajstić information content (AvgIpc) is 2.77. The lowest BCUT2D eigenvalue weighted by molar-refractivity contribution is -0.197. The molecule has 110 valence electrons. The number of rotatable bonds is 5. The minimum absolute atomic E-state index is 0.0145. The summed E-state index contributed by atoms with van der Waals surface area (Å²) in [4.78, 5) is 50.3. The smallest absolute Gasteiger partial charge is 0.330 e. The number of hydrogen-bond donors (Lipinski definition) is 0. The molecule has 0 saturated carbocycles. The quantitative estimate of drug-likeness (QED) is 0.605. The first-order valence-electron chi connectivity index (χ1n) is 6.32. The van der Waals surface area contributed by atoms with Crippen LogP contribution in [0.1, 0.15) is 36.0 Å². The van der Waals surface area contributed by atoms with Gasteiger partial charge in [0.15, 0.2) is 5.78 Å². The molecule has 1 saturated heterocycles. The van der Waals surface area contributed by atoms with Gasteiger partial charge in [0.2, 0.25) is 0 Å². The molecule has 0 unspecified atom stereocenters. The Hall–Kier alpha value is -2.57. The predicted octanol–water partition coefficient (Wildman–Crippen LogP) is 1.40. The van der Waals surface area contributed by atoms with E-state index in [2.05, 4.69) is 4.84 Å². The Labute approximate surface area is 119 Å². The number of benzene rings is 1. The molecular formula is C14H12FNO5. The number of imide groups is 1. The van der Waals surface area contributed by atoms with Crippen molar-refractivity contribution in [3.8, 4) is 0 Å². The Bertz CT molecular complexity index is 580. The molecular weight excluding hydrogens is 281 g/mol. The van der Waals surface area contributed by atoms with Gasteiger partial charge in [0.25, 0.3) is 11.8 Å². The van der Waals surface area contributed by atoms with E-state index in [-0.39, 0.29) is 37.0 Å². The summed E-state index contributed by atoms with van der Waals surface area (Å²) in [7, 11) is 0. The summed E-state index contributed by atoms with van der Waals surface area (Å²) >= 11 is 0. The lowest BCUT2D eigenvalue weighted by Crippen LogP contribution is -2.32. The van der Waals surface area contributed by atoms with Crippen molar-refractivity contribution in [1.29, 1.82) is 0 Å². The van der Waals surface area contributed by atoms with Crippen molar-refractivity contribution in [2.75, 3.05) is 0 Å². The maximum atomic E-state index is 12.7. The van der Waals surface area contributed by atoms with E-state index in [0.717, 1.165) is 12.1 Å². The van der Waals surface area contributed by atoms with Gasteiger partial charge in [-0.05, 0) is 24.3 Å². The molecule has 1 heterocycles. The summed E-state index contributed by atoms with van der Waals surface area (Å²) in [6.07, 6.45) is -0.394. The third kappa shape index (κ3) is 3.71. The van der Waals surface area contributed by atoms with Crippen LogP contribution in [0.5, 0.6) is 0 Å². The molecule has 6 nitrogen and oxygen atoms in total. The van der Waals surface area contributed by atoms with E-state index in [1.165, 1.54) is 12.1 Å². The lowest BCUT2D eigenvalue weighted by Gasteiger charge is -2.12. The lowest BCUT2D eigenvalue weighted by atomic mass is 10.1. The minimum Gasteiger partial charge on any atom is -0.330 e. The minimum atomic E-state index is -0.839. The number of hydroxylamine groups is 2. The number of halogens is 1. The molecule has 0 spiro atoms. The highest BCUT2D eigenvalue weighted by Gasteiger charge is 2.32. The zero-order valence-corrected chi connectivity index (χ0v) is 11.0. The Kier molecular flexibility index (Phi) is 4.42. The van der Waals surface area contributed by atoms with Crippen molar-refractivity contribution < 1.29 is 28.4 Å². The first kappa shape index (κ1) is 14.8. The zero-order valence-electron chi connectivity index (χ0n) is 11.0. The van der Waals surface area contributed by atoms with Crippen LogP contribution in [0.15, 0.2) is 24.3 Å².